The van der Waals surface area contributed by atoms with E-state index in [-0.39, 0.29) is 37.2 Å². The fourth-order valence-electron chi connectivity index (χ4n) is 3.74. The molecule has 158 valence electrons. The van der Waals surface area contributed by atoms with Gasteiger partial charge in [0, 0.05) is 11.4 Å². The van der Waals surface area contributed by atoms with Crippen molar-refractivity contribution in [1.29, 1.82) is 0 Å². The molecule has 0 saturated carbocycles. The number of furan rings is 1. The van der Waals surface area contributed by atoms with Crippen LogP contribution in [0.3, 0.4) is 0 Å². The van der Waals surface area contributed by atoms with Crippen LogP contribution in [-0.4, -0.2) is 48.5 Å². The molecule has 2 aromatic rings. The van der Waals surface area contributed by atoms with Crippen molar-refractivity contribution < 1.29 is 28.2 Å². The first-order chi connectivity index (χ1) is 13.8. The third kappa shape index (κ3) is 4.56. The smallest absolute Gasteiger partial charge is 0.414 e. The summed E-state index contributed by atoms with van der Waals surface area (Å²) in [6.45, 7) is 7.77. The Balaban J connectivity index is 2.19. The van der Waals surface area contributed by atoms with Crippen LogP contribution >= 0.6 is 15.9 Å². The zero-order valence-corrected chi connectivity index (χ0v) is 18.5. The molecule has 0 radical (unpaired) electrons. The number of carbonyl (C=O) groups is 2. The lowest BCUT2D eigenvalue weighted by Crippen LogP contribution is -2.48. The summed E-state index contributed by atoms with van der Waals surface area (Å²) in [7, 11) is 0. The normalized spacial score (nSPS) is 21.8. The summed E-state index contributed by atoms with van der Waals surface area (Å²) in [5.41, 5.74) is 0.722. The van der Waals surface area contributed by atoms with E-state index in [4.69, 9.17) is 18.6 Å². The lowest BCUT2D eigenvalue weighted by Gasteiger charge is -2.38. The highest BCUT2D eigenvalue weighted by Crippen LogP contribution is 2.39. The van der Waals surface area contributed by atoms with Gasteiger partial charge in [-0.1, -0.05) is 0 Å². The molecule has 1 fully saturated rings. The van der Waals surface area contributed by atoms with Crippen LogP contribution in [0, 0.1) is 0 Å². The Kier molecular flexibility index (Phi) is 6.79. The number of ether oxygens (including phenoxy) is 3. The fraction of sp³-hybridized carbons (Fsp3) is 0.550. The van der Waals surface area contributed by atoms with Crippen LogP contribution in [0.1, 0.15) is 51.1 Å². The number of amides is 1. The Hall–Kier alpha value is -2.13. The van der Waals surface area contributed by atoms with E-state index < -0.39 is 12.1 Å². The van der Waals surface area contributed by atoms with Crippen molar-refractivity contribution in [3.05, 3.63) is 22.6 Å². The van der Waals surface area contributed by atoms with Crippen molar-refractivity contribution in [2.75, 3.05) is 18.1 Å². The van der Waals surface area contributed by atoms with Crippen LogP contribution < -0.4 is 4.90 Å². The van der Waals surface area contributed by atoms with Gasteiger partial charge in [0.1, 0.15) is 10.3 Å². The minimum Gasteiger partial charge on any atom is -0.460 e. The van der Waals surface area contributed by atoms with Crippen LogP contribution in [0.4, 0.5) is 10.5 Å². The maximum Gasteiger partial charge on any atom is 0.414 e. The molecule has 0 spiro atoms. The van der Waals surface area contributed by atoms with Crippen LogP contribution in [-0.2, 0) is 14.2 Å². The van der Waals surface area contributed by atoms with E-state index in [2.05, 4.69) is 20.9 Å². The van der Waals surface area contributed by atoms with Gasteiger partial charge in [0.2, 0.25) is 5.76 Å². The van der Waals surface area contributed by atoms with Crippen molar-refractivity contribution in [3.63, 3.8) is 0 Å². The van der Waals surface area contributed by atoms with Gasteiger partial charge in [-0.25, -0.2) is 14.6 Å². The highest BCUT2D eigenvalue weighted by Gasteiger charge is 2.38. The van der Waals surface area contributed by atoms with Crippen LogP contribution in [0.25, 0.3) is 11.0 Å². The van der Waals surface area contributed by atoms with Gasteiger partial charge in [-0.15, -0.1) is 0 Å². The third-order valence-electron chi connectivity index (χ3n) is 4.72. The van der Waals surface area contributed by atoms with Gasteiger partial charge in [0.05, 0.1) is 31.6 Å². The average molecular weight is 469 g/mol. The van der Waals surface area contributed by atoms with E-state index in [0.717, 1.165) is 0 Å². The molecule has 0 aliphatic carbocycles. The minimum atomic E-state index is -0.641. The first-order valence-corrected chi connectivity index (χ1v) is 10.5. The topological polar surface area (TPSA) is 91.1 Å². The summed E-state index contributed by atoms with van der Waals surface area (Å²) in [4.78, 5) is 31.4. The molecular weight excluding hydrogens is 444 g/mol. The maximum absolute atomic E-state index is 13.1. The van der Waals surface area contributed by atoms with Crippen LogP contribution in [0.2, 0.25) is 0 Å². The summed E-state index contributed by atoms with van der Waals surface area (Å²) >= 11 is 3.35. The molecular formula is C20H25BrN2O6. The standard InChI is InChI=1S/C20H25BrN2O6/c1-5-26-19(24)18-17(14-9-16(21)22-10-15(14)29-18)23(20(25)27-6-2)13-7-11(3)28-12(4)8-13/h9-13H,5-8H2,1-4H3/t11-,12+,13?. The Bertz CT molecular complexity index is 888. The summed E-state index contributed by atoms with van der Waals surface area (Å²) in [5, 5.41) is 0.578. The highest BCUT2D eigenvalue weighted by atomic mass is 79.9. The van der Waals surface area contributed by atoms with Gasteiger partial charge >= 0.3 is 12.1 Å². The molecule has 2 aromatic heterocycles. The van der Waals surface area contributed by atoms with E-state index in [1.807, 2.05) is 13.8 Å². The fourth-order valence-corrected chi connectivity index (χ4v) is 4.07. The lowest BCUT2D eigenvalue weighted by atomic mass is 9.97. The van der Waals surface area contributed by atoms with Crippen molar-refractivity contribution in [1.82, 2.24) is 4.98 Å². The minimum absolute atomic E-state index is 0.0402. The van der Waals surface area contributed by atoms with E-state index in [1.165, 1.54) is 11.1 Å². The predicted octanol–water partition coefficient (Wildman–Crippen LogP) is 4.69. The molecule has 8 nitrogen and oxygen atoms in total. The van der Waals surface area contributed by atoms with Gasteiger partial charge in [0.25, 0.3) is 0 Å². The molecule has 3 atom stereocenters. The summed E-state index contributed by atoms with van der Waals surface area (Å²) in [6.07, 6.45) is 2.08. The molecule has 0 N–H and O–H groups in total. The number of pyridine rings is 1. The van der Waals surface area contributed by atoms with Gasteiger partial charge in [-0.05, 0) is 62.5 Å². The Morgan fingerprint density at radius 2 is 1.86 bits per heavy atom. The molecule has 1 unspecified atom stereocenters. The largest absolute Gasteiger partial charge is 0.460 e. The maximum atomic E-state index is 13.1. The monoisotopic (exact) mass is 468 g/mol. The molecule has 1 amide bonds. The summed E-state index contributed by atoms with van der Waals surface area (Å²) < 4.78 is 22.7. The second-order valence-corrected chi connectivity index (χ2v) is 7.77. The number of carbonyl (C=O) groups excluding carboxylic acids is 2. The first-order valence-electron chi connectivity index (χ1n) is 9.72. The van der Waals surface area contributed by atoms with E-state index in [9.17, 15) is 9.59 Å². The Labute approximate surface area is 177 Å². The zero-order chi connectivity index (χ0) is 21.1. The van der Waals surface area contributed by atoms with Gasteiger partial charge < -0.3 is 18.6 Å². The first kappa shape index (κ1) is 21.6. The number of esters is 1. The summed E-state index contributed by atoms with van der Waals surface area (Å²) in [6, 6.07) is 1.49. The molecule has 0 bridgehead atoms. The zero-order valence-electron chi connectivity index (χ0n) is 16.9. The van der Waals surface area contributed by atoms with Crippen LogP contribution in [0.15, 0.2) is 21.3 Å². The van der Waals surface area contributed by atoms with E-state index in [0.29, 0.717) is 34.1 Å². The quantitative estimate of drug-likeness (QED) is 0.464. The molecule has 0 aromatic carbocycles. The highest BCUT2D eigenvalue weighted by molar-refractivity contribution is 9.10. The van der Waals surface area contributed by atoms with Crippen molar-refractivity contribution in [2.45, 2.75) is 58.8 Å². The number of aromatic nitrogens is 1. The van der Waals surface area contributed by atoms with Crippen molar-refractivity contribution >= 4 is 44.6 Å². The van der Waals surface area contributed by atoms with Crippen LogP contribution in [0.5, 0.6) is 0 Å². The second kappa shape index (κ2) is 9.13. The molecule has 1 aliphatic rings. The molecule has 29 heavy (non-hydrogen) atoms. The molecule has 1 saturated heterocycles. The van der Waals surface area contributed by atoms with Gasteiger partial charge in [0.15, 0.2) is 5.58 Å². The molecule has 1 aliphatic heterocycles. The molecule has 9 heteroatoms. The lowest BCUT2D eigenvalue weighted by molar-refractivity contribution is -0.0374. The van der Waals surface area contributed by atoms with E-state index in [1.54, 1.807) is 19.9 Å². The Morgan fingerprint density at radius 1 is 1.21 bits per heavy atom. The van der Waals surface area contributed by atoms with Crippen molar-refractivity contribution in [2.24, 2.45) is 0 Å². The predicted molar refractivity (Wildman–Crippen MR) is 110 cm³/mol. The molecule has 3 heterocycles. The Morgan fingerprint density at radius 3 is 2.48 bits per heavy atom. The SMILES string of the molecule is CCOC(=O)c1oc2cnc(Br)cc2c1N(C(=O)OCC)C1C[C@@H](C)O[C@@H](C)C1. The number of hydrogen-bond donors (Lipinski definition) is 0. The number of halogens is 1. The van der Waals surface area contributed by atoms with E-state index >= 15 is 0 Å². The average Bonchev–Trinajstić information content (AvgIpc) is 3.00. The number of nitrogens with zero attached hydrogens (tertiary/aromatic N) is 2. The number of fused-ring (bicyclic) bond motifs is 1. The number of anilines is 1. The summed E-state index contributed by atoms with van der Waals surface area (Å²) in [5.74, 6) is -0.682. The third-order valence-corrected chi connectivity index (χ3v) is 5.15. The van der Waals surface area contributed by atoms with Crippen molar-refractivity contribution in [3.8, 4) is 0 Å². The second-order valence-electron chi connectivity index (χ2n) is 6.95. The number of hydrogen-bond acceptors (Lipinski definition) is 7. The molecule has 3 rings (SSSR count). The van der Waals surface area contributed by atoms with Gasteiger partial charge in [-0.3, -0.25) is 4.90 Å². The number of rotatable bonds is 5. The van der Waals surface area contributed by atoms with Gasteiger partial charge in [-0.2, -0.15) is 0 Å².